The summed E-state index contributed by atoms with van der Waals surface area (Å²) in [4.78, 5) is 8.55. The van der Waals surface area contributed by atoms with Crippen LogP contribution in [0.15, 0.2) is 35.1 Å². The third-order valence-electron chi connectivity index (χ3n) is 2.72. The van der Waals surface area contributed by atoms with E-state index in [0.29, 0.717) is 0 Å². The van der Waals surface area contributed by atoms with E-state index in [1.54, 1.807) is 6.33 Å². The Hall–Kier alpha value is -1.46. The Morgan fingerprint density at radius 2 is 2.18 bits per heavy atom. The lowest BCUT2D eigenvalue weighted by Gasteiger charge is -2.09. The normalized spacial score (nSPS) is 13.5. The highest BCUT2D eigenvalue weighted by Crippen LogP contribution is 2.24. The zero-order valence-corrected chi connectivity index (χ0v) is 10.7. The summed E-state index contributed by atoms with van der Waals surface area (Å²) in [6.45, 7) is 1.65. The summed E-state index contributed by atoms with van der Waals surface area (Å²) < 4.78 is 1.05. The lowest BCUT2D eigenvalue weighted by molar-refractivity contribution is 0.758. The van der Waals surface area contributed by atoms with Crippen LogP contribution in [-0.4, -0.2) is 9.97 Å². The molecule has 0 bridgehead atoms. The number of benzene rings is 1. The maximum atomic E-state index is 4.30. The second-order valence-electron chi connectivity index (χ2n) is 3.89. The molecule has 1 aromatic heterocycles. The molecule has 1 aliphatic heterocycles. The number of anilines is 2. The van der Waals surface area contributed by atoms with Crippen LogP contribution in [0.1, 0.15) is 11.3 Å². The molecular formula is C12H11BrN4. The largest absolute Gasteiger partial charge is 0.340 e. The molecule has 1 aliphatic rings. The minimum absolute atomic E-state index is 0.824. The van der Waals surface area contributed by atoms with Crippen LogP contribution < -0.4 is 10.6 Å². The molecule has 17 heavy (non-hydrogen) atoms. The third-order valence-corrected chi connectivity index (χ3v) is 3.21. The first-order valence-corrected chi connectivity index (χ1v) is 6.18. The summed E-state index contributed by atoms with van der Waals surface area (Å²) in [7, 11) is 0. The van der Waals surface area contributed by atoms with Gasteiger partial charge in [0.2, 0.25) is 0 Å². The monoisotopic (exact) mass is 290 g/mol. The second-order valence-corrected chi connectivity index (χ2v) is 4.80. The van der Waals surface area contributed by atoms with Crippen LogP contribution in [0.3, 0.4) is 0 Å². The van der Waals surface area contributed by atoms with Gasteiger partial charge in [-0.2, -0.15) is 0 Å². The van der Waals surface area contributed by atoms with E-state index in [1.807, 2.05) is 24.3 Å². The first-order valence-electron chi connectivity index (χ1n) is 5.39. The number of hydrogen-bond donors (Lipinski definition) is 2. The number of nitrogens with zero attached hydrogens (tertiary/aromatic N) is 2. The molecule has 0 unspecified atom stereocenters. The molecular weight excluding hydrogens is 280 g/mol. The molecule has 0 amide bonds. The van der Waals surface area contributed by atoms with Crippen molar-refractivity contribution in [3.05, 3.63) is 46.3 Å². The molecule has 1 aromatic carbocycles. The SMILES string of the molecule is Brc1cccc(Nc2ncnc3c2CNC3)c1. The molecule has 0 radical (unpaired) electrons. The fourth-order valence-corrected chi connectivity index (χ4v) is 2.30. The third kappa shape index (κ3) is 2.16. The second kappa shape index (κ2) is 4.43. The van der Waals surface area contributed by atoms with Crippen molar-refractivity contribution in [2.75, 3.05) is 5.32 Å². The highest BCUT2D eigenvalue weighted by atomic mass is 79.9. The zero-order chi connectivity index (χ0) is 11.7. The van der Waals surface area contributed by atoms with E-state index in [2.05, 4.69) is 36.5 Å². The van der Waals surface area contributed by atoms with Crippen LogP contribution in [0.25, 0.3) is 0 Å². The van der Waals surface area contributed by atoms with Crippen molar-refractivity contribution >= 4 is 27.4 Å². The van der Waals surface area contributed by atoms with Crippen LogP contribution in [0.4, 0.5) is 11.5 Å². The molecule has 86 valence electrons. The molecule has 0 spiro atoms. The minimum Gasteiger partial charge on any atom is -0.340 e. The Morgan fingerprint density at radius 1 is 1.24 bits per heavy atom. The van der Waals surface area contributed by atoms with E-state index in [4.69, 9.17) is 0 Å². The van der Waals surface area contributed by atoms with Crippen LogP contribution in [0, 0.1) is 0 Å². The van der Waals surface area contributed by atoms with Gasteiger partial charge < -0.3 is 10.6 Å². The predicted molar refractivity (Wildman–Crippen MR) is 70.0 cm³/mol. The van der Waals surface area contributed by atoms with Gasteiger partial charge in [0.1, 0.15) is 12.1 Å². The van der Waals surface area contributed by atoms with Crippen molar-refractivity contribution in [3.8, 4) is 0 Å². The molecule has 0 aliphatic carbocycles. The standard InChI is InChI=1S/C12H11BrN4/c13-8-2-1-3-9(4-8)17-12-10-5-14-6-11(10)15-7-16-12/h1-4,7,14H,5-6H2,(H,15,16,17). The van der Waals surface area contributed by atoms with E-state index in [1.165, 1.54) is 0 Å². The first-order chi connectivity index (χ1) is 8.33. The Morgan fingerprint density at radius 3 is 3.06 bits per heavy atom. The van der Waals surface area contributed by atoms with Crippen molar-refractivity contribution in [1.29, 1.82) is 0 Å². The van der Waals surface area contributed by atoms with Gasteiger partial charge in [0.15, 0.2) is 0 Å². The number of nitrogens with one attached hydrogen (secondary N) is 2. The Balaban J connectivity index is 1.93. The molecule has 2 heterocycles. The lowest BCUT2D eigenvalue weighted by atomic mass is 10.2. The Kier molecular flexibility index (Phi) is 2.78. The molecule has 0 saturated heterocycles. The molecule has 0 fully saturated rings. The van der Waals surface area contributed by atoms with Crippen molar-refractivity contribution in [2.45, 2.75) is 13.1 Å². The van der Waals surface area contributed by atoms with Gasteiger partial charge in [-0.3, -0.25) is 0 Å². The summed E-state index contributed by atoms with van der Waals surface area (Å²) in [5, 5.41) is 6.60. The van der Waals surface area contributed by atoms with Crippen molar-refractivity contribution in [3.63, 3.8) is 0 Å². The minimum atomic E-state index is 0.824. The highest BCUT2D eigenvalue weighted by molar-refractivity contribution is 9.10. The van der Waals surface area contributed by atoms with E-state index in [9.17, 15) is 0 Å². The van der Waals surface area contributed by atoms with Crippen molar-refractivity contribution in [1.82, 2.24) is 15.3 Å². The van der Waals surface area contributed by atoms with Gasteiger partial charge in [-0.25, -0.2) is 9.97 Å². The predicted octanol–water partition coefficient (Wildman–Crippen LogP) is 2.59. The van der Waals surface area contributed by atoms with Crippen LogP contribution >= 0.6 is 15.9 Å². The smallest absolute Gasteiger partial charge is 0.138 e. The number of fused-ring (bicyclic) bond motifs is 1. The van der Waals surface area contributed by atoms with E-state index in [-0.39, 0.29) is 0 Å². The fourth-order valence-electron chi connectivity index (χ4n) is 1.90. The van der Waals surface area contributed by atoms with Crippen LogP contribution in [-0.2, 0) is 13.1 Å². The zero-order valence-electron chi connectivity index (χ0n) is 9.07. The van der Waals surface area contributed by atoms with E-state index in [0.717, 1.165) is 40.3 Å². The van der Waals surface area contributed by atoms with Gasteiger partial charge in [0.25, 0.3) is 0 Å². The van der Waals surface area contributed by atoms with Crippen molar-refractivity contribution in [2.24, 2.45) is 0 Å². The number of halogens is 1. The number of aromatic nitrogens is 2. The molecule has 2 N–H and O–H groups in total. The van der Waals surface area contributed by atoms with Gasteiger partial charge in [0, 0.05) is 28.8 Å². The molecule has 2 aromatic rings. The summed E-state index contributed by atoms with van der Waals surface area (Å²) >= 11 is 3.45. The maximum absolute atomic E-state index is 4.30. The van der Waals surface area contributed by atoms with Crippen LogP contribution in [0.5, 0.6) is 0 Å². The molecule has 3 rings (SSSR count). The Bertz CT molecular complexity index is 556. The van der Waals surface area contributed by atoms with Gasteiger partial charge in [-0.15, -0.1) is 0 Å². The van der Waals surface area contributed by atoms with Gasteiger partial charge in [0.05, 0.1) is 5.69 Å². The average molecular weight is 291 g/mol. The fraction of sp³-hybridized carbons (Fsp3) is 0.167. The Labute approximate surface area is 108 Å². The molecule has 5 heteroatoms. The van der Waals surface area contributed by atoms with Crippen LogP contribution in [0.2, 0.25) is 0 Å². The van der Waals surface area contributed by atoms with E-state index < -0.39 is 0 Å². The summed E-state index contributed by atoms with van der Waals surface area (Å²) in [6, 6.07) is 8.03. The summed E-state index contributed by atoms with van der Waals surface area (Å²) in [5.41, 5.74) is 3.26. The first kappa shape index (κ1) is 10.7. The topological polar surface area (TPSA) is 49.8 Å². The average Bonchev–Trinajstić information content (AvgIpc) is 2.78. The quantitative estimate of drug-likeness (QED) is 0.893. The summed E-state index contributed by atoms with van der Waals surface area (Å²) in [5.74, 6) is 0.887. The molecule has 4 nitrogen and oxygen atoms in total. The van der Waals surface area contributed by atoms with E-state index >= 15 is 0 Å². The summed E-state index contributed by atoms with van der Waals surface area (Å²) in [6.07, 6.45) is 1.60. The maximum Gasteiger partial charge on any atom is 0.138 e. The molecule has 0 atom stereocenters. The highest BCUT2D eigenvalue weighted by Gasteiger charge is 2.16. The van der Waals surface area contributed by atoms with Crippen molar-refractivity contribution < 1.29 is 0 Å². The van der Waals surface area contributed by atoms with Gasteiger partial charge >= 0.3 is 0 Å². The number of hydrogen-bond acceptors (Lipinski definition) is 4. The lowest BCUT2D eigenvalue weighted by Crippen LogP contribution is -2.02. The van der Waals surface area contributed by atoms with Gasteiger partial charge in [-0.05, 0) is 18.2 Å². The van der Waals surface area contributed by atoms with Gasteiger partial charge in [-0.1, -0.05) is 22.0 Å². The number of rotatable bonds is 2. The molecule has 0 saturated carbocycles.